The lowest BCUT2D eigenvalue weighted by molar-refractivity contribution is 0.195. The summed E-state index contributed by atoms with van der Waals surface area (Å²) >= 11 is 0. The molecule has 2 atom stereocenters. The van der Waals surface area contributed by atoms with Crippen molar-refractivity contribution in [2.24, 2.45) is 0 Å². The molecule has 4 aliphatic heterocycles. The number of rotatable bonds is 5. The minimum absolute atomic E-state index is 0.00975. The first-order chi connectivity index (χ1) is 33.7. The van der Waals surface area contributed by atoms with Crippen LogP contribution in [0.25, 0.3) is 49.4 Å². The second-order valence-corrected chi connectivity index (χ2v) is 21.6. The normalized spacial score (nSPS) is 19.9. The lowest BCUT2D eigenvalue weighted by Gasteiger charge is -2.51. The average molecular weight is 889 g/mol. The molecule has 1 aromatic heterocycles. The van der Waals surface area contributed by atoms with E-state index in [0.717, 1.165) is 23.5 Å². The Labute approximate surface area is 405 Å². The molecule has 0 amide bonds. The first kappa shape index (κ1) is 39.5. The number of aromatic nitrogens is 1. The predicted octanol–water partition coefficient (Wildman–Crippen LogP) is 15.3. The number of hydrogen-bond donors (Lipinski definition) is 0. The van der Waals surface area contributed by atoms with Gasteiger partial charge in [-0.05, 0) is 143 Å². The fraction of sp³-hybridized carbons (Fsp3) is 0.188. The van der Waals surface area contributed by atoms with Gasteiger partial charge in [0.2, 0.25) is 0 Å². The van der Waals surface area contributed by atoms with E-state index in [1.807, 2.05) is 0 Å². The van der Waals surface area contributed by atoms with E-state index in [9.17, 15) is 0 Å². The van der Waals surface area contributed by atoms with Gasteiger partial charge in [0.05, 0.1) is 22.3 Å². The van der Waals surface area contributed by atoms with Crippen LogP contribution in [0.1, 0.15) is 75.6 Å². The monoisotopic (exact) mass is 888 g/mol. The maximum Gasteiger partial charge on any atom is 0.333 e. The van der Waals surface area contributed by atoms with Crippen LogP contribution < -0.4 is 25.5 Å². The molecule has 5 aliphatic rings. The highest BCUT2D eigenvalue weighted by Crippen LogP contribution is 2.64. The van der Waals surface area contributed by atoms with E-state index >= 15 is 0 Å². The van der Waals surface area contributed by atoms with Gasteiger partial charge in [-0.25, -0.2) is 0 Å². The van der Waals surface area contributed by atoms with Crippen molar-refractivity contribution in [2.75, 3.05) is 14.6 Å². The molecule has 0 N–H and O–H groups in total. The molecule has 1 aliphatic carbocycles. The zero-order valence-electron chi connectivity index (χ0n) is 40.0. The average Bonchev–Trinajstić information content (AvgIpc) is 3.84. The van der Waals surface area contributed by atoms with Crippen molar-refractivity contribution in [3.63, 3.8) is 0 Å². The minimum atomic E-state index is -0.249. The van der Waals surface area contributed by atoms with Crippen molar-refractivity contribution in [1.82, 2.24) is 4.57 Å². The quantitative estimate of drug-likeness (QED) is 0.160. The number of para-hydroxylation sites is 4. The molecule has 15 rings (SSSR count). The molecule has 10 aromatic rings. The molecular formula is C64H53BN4. The van der Waals surface area contributed by atoms with Gasteiger partial charge in [0.25, 0.3) is 0 Å². The second-order valence-electron chi connectivity index (χ2n) is 21.6. The molecule has 4 nitrogen and oxygen atoms in total. The lowest BCUT2D eigenvalue weighted by atomic mass is 9.43. The molecule has 332 valence electrons. The number of aryl methyl sites for hydroxylation is 1. The summed E-state index contributed by atoms with van der Waals surface area (Å²) in [6, 6.07) is 69.5. The molecule has 0 bridgehead atoms. The highest BCUT2D eigenvalue weighted by molar-refractivity contribution is 6.94. The van der Waals surface area contributed by atoms with Crippen molar-refractivity contribution in [3.05, 3.63) is 204 Å². The Kier molecular flexibility index (Phi) is 7.79. The van der Waals surface area contributed by atoms with Crippen LogP contribution in [0.15, 0.2) is 182 Å². The zero-order valence-corrected chi connectivity index (χ0v) is 40.0. The van der Waals surface area contributed by atoms with Crippen LogP contribution in [0.4, 0.5) is 39.8 Å². The first-order valence-electron chi connectivity index (χ1n) is 25.2. The molecule has 0 spiro atoms. The Hall–Kier alpha value is -7.50. The van der Waals surface area contributed by atoms with Crippen LogP contribution in [0, 0.1) is 6.92 Å². The van der Waals surface area contributed by atoms with Gasteiger partial charge in [-0.15, -0.1) is 0 Å². The molecule has 5 heterocycles. The van der Waals surface area contributed by atoms with Gasteiger partial charge in [0, 0.05) is 67.0 Å². The zero-order chi connectivity index (χ0) is 46.1. The summed E-state index contributed by atoms with van der Waals surface area (Å²) < 4.78 is 2.77. The highest BCUT2D eigenvalue weighted by Gasteiger charge is 2.59. The second kappa shape index (κ2) is 13.6. The Morgan fingerprint density at radius 2 is 1.22 bits per heavy atom. The maximum absolute atomic E-state index is 2.87. The molecule has 2 unspecified atom stereocenters. The van der Waals surface area contributed by atoms with Crippen LogP contribution in [0.5, 0.6) is 0 Å². The van der Waals surface area contributed by atoms with E-state index in [0.29, 0.717) is 0 Å². The van der Waals surface area contributed by atoms with Crippen LogP contribution >= 0.6 is 0 Å². The molecule has 1 fully saturated rings. The molecule has 1 saturated carbocycles. The highest BCUT2D eigenvalue weighted by atomic mass is 15.3. The number of benzene rings is 9. The van der Waals surface area contributed by atoms with Crippen LogP contribution in [-0.2, 0) is 10.8 Å². The Balaban J connectivity index is 1.16. The number of nitrogens with zero attached hydrogens (tertiary/aromatic N) is 4. The summed E-state index contributed by atoms with van der Waals surface area (Å²) in [5, 5.41) is 5.40. The smallest absolute Gasteiger partial charge is 0.333 e. The van der Waals surface area contributed by atoms with Crippen molar-refractivity contribution in [2.45, 2.75) is 76.7 Å². The number of hydrogen-bond acceptors (Lipinski definition) is 3. The van der Waals surface area contributed by atoms with E-state index in [2.05, 4.69) is 236 Å². The van der Waals surface area contributed by atoms with Gasteiger partial charge in [0.15, 0.2) is 0 Å². The van der Waals surface area contributed by atoms with Gasteiger partial charge < -0.3 is 19.2 Å². The Morgan fingerprint density at radius 3 is 2.00 bits per heavy atom. The largest absolute Gasteiger partial charge is 0.376 e. The SMILES string of the molecule is Cc1ccc(N2B3c4cccc5c4-n4c6c3c(cc(N3c7ccccc7C7(C)CCCCC37C)c6c3c6ccccc6cc(c34)C5(C)C)-c3cc(N(c4ccccc4)c4ccccc4)ccc32)cc1. The summed E-state index contributed by atoms with van der Waals surface area (Å²) in [5.41, 5.74) is 23.1. The summed E-state index contributed by atoms with van der Waals surface area (Å²) in [7, 11) is 0. The Bertz CT molecular complexity index is 3790. The number of anilines is 7. The molecule has 0 radical (unpaired) electrons. The topological polar surface area (TPSA) is 14.7 Å². The van der Waals surface area contributed by atoms with E-state index in [1.54, 1.807) is 0 Å². The van der Waals surface area contributed by atoms with Gasteiger partial charge >= 0.3 is 6.85 Å². The van der Waals surface area contributed by atoms with E-state index in [4.69, 9.17) is 0 Å². The van der Waals surface area contributed by atoms with E-state index in [-0.39, 0.29) is 23.2 Å². The van der Waals surface area contributed by atoms with E-state index < -0.39 is 0 Å². The predicted molar refractivity (Wildman–Crippen MR) is 292 cm³/mol. The first-order valence-corrected chi connectivity index (χ1v) is 25.2. The molecular weight excluding hydrogens is 836 g/mol. The fourth-order valence-corrected chi connectivity index (χ4v) is 14.5. The van der Waals surface area contributed by atoms with Crippen molar-refractivity contribution in [3.8, 4) is 16.8 Å². The standard InChI is InChI=1S/C64H53BN4/c1-40-29-31-44(32-30-40)69-53-34-33-45(66(42-20-8-6-9-21-42)43-22-10-7-11-23-43)38-47(53)48-39-55(68-54-28-15-14-25-49(54)63(4)35-16-17-36-64(63,68)5)57-56-46-24-13-12-19-41(46)37-51-60(56)67-59-50(62(51,2)3)26-18-27-52(59)65(69)58(48)61(57)67/h6-15,18-34,37-39H,16-17,35-36H2,1-5H3. The van der Waals surface area contributed by atoms with Crippen LogP contribution in [0.3, 0.4) is 0 Å². The van der Waals surface area contributed by atoms with Crippen LogP contribution in [-0.4, -0.2) is 17.0 Å². The summed E-state index contributed by atoms with van der Waals surface area (Å²) in [6.07, 6.45) is 4.79. The van der Waals surface area contributed by atoms with Crippen molar-refractivity contribution >= 4 is 90.2 Å². The lowest BCUT2D eigenvalue weighted by Crippen LogP contribution is -2.61. The van der Waals surface area contributed by atoms with Crippen molar-refractivity contribution in [1.29, 1.82) is 0 Å². The summed E-state index contributed by atoms with van der Waals surface area (Å²) in [6.45, 7) is 12.3. The van der Waals surface area contributed by atoms with Crippen molar-refractivity contribution < 1.29 is 0 Å². The molecule has 5 heteroatoms. The third-order valence-electron chi connectivity index (χ3n) is 17.9. The molecule has 9 aromatic carbocycles. The van der Waals surface area contributed by atoms with Gasteiger partial charge in [-0.2, -0.15) is 0 Å². The molecule has 69 heavy (non-hydrogen) atoms. The van der Waals surface area contributed by atoms with E-state index in [1.165, 1.54) is 125 Å². The summed E-state index contributed by atoms with van der Waals surface area (Å²) in [4.78, 5) is 7.99. The third kappa shape index (κ3) is 4.90. The fourth-order valence-electron chi connectivity index (χ4n) is 14.5. The molecule has 0 saturated heterocycles. The van der Waals surface area contributed by atoms with Gasteiger partial charge in [-0.1, -0.05) is 148 Å². The maximum atomic E-state index is 2.87. The Morgan fingerprint density at radius 1 is 0.522 bits per heavy atom. The third-order valence-corrected chi connectivity index (χ3v) is 17.9. The van der Waals surface area contributed by atoms with Gasteiger partial charge in [-0.3, -0.25) is 0 Å². The minimum Gasteiger partial charge on any atom is -0.376 e. The number of fused-ring (bicyclic) bond motifs is 9. The summed E-state index contributed by atoms with van der Waals surface area (Å²) in [5.74, 6) is 0. The van der Waals surface area contributed by atoms with Gasteiger partial charge in [0.1, 0.15) is 0 Å². The van der Waals surface area contributed by atoms with Crippen LogP contribution in [0.2, 0.25) is 0 Å².